The van der Waals surface area contributed by atoms with E-state index < -0.39 is 23.8 Å². The van der Waals surface area contributed by atoms with E-state index in [2.05, 4.69) is 10.3 Å². The third kappa shape index (κ3) is 5.45. The lowest BCUT2D eigenvalue weighted by Crippen LogP contribution is -2.58. The van der Waals surface area contributed by atoms with Crippen LogP contribution in [0.1, 0.15) is 5.56 Å². The Morgan fingerprint density at radius 2 is 1.85 bits per heavy atom. The quantitative estimate of drug-likeness (QED) is 0.443. The van der Waals surface area contributed by atoms with Gasteiger partial charge in [-0.05, 0) is 24.1 Å². The molecule has 0 saturated carbocycles. The molecule has 1 aliphatic heterocycles. The average molecular weight is 363 g/mol. The number of hydrogen-bond acceptors (Lipinski definition) is 4. The number of carbonyl (C=O) groups excluding carboxylic acids is 3. The highest BCUT2D eigenvalue weighted by atomic mass is 19.1. The molecule has 0 spiro atoms. The highest BCUT2D eigenvalue weighted by Gasteiger charge is 2.39. The maximum atomic E-state index is 12.9. The van der Waals surface area contributed by atoms with Gasteiger partial charge in [0.25, 0.3) is 0 Å². The number of nitrogens with zero attached hydrogens (tertiary/aromatic N) is 3. The molecule has 1 unspecified atom stereocenters. The van der Waals surface area contributed by atoms with E-state index in [1.54, 1.807) is 12.1 Å². The number of hydrogen-bond donors (Lipinski definition) is 1. The fourth-order valence-electron chi connectivity index (χ4n) is 2.40. The molecule has 26 heavy (non-hydrogen) atoms. The lowest BCUT2D eigenvalue weighted by Gasteiger charge is -2.28. The van der Waals surface area contributed by atoms with Crippen molar-refractivity contribution in [2.45, 2.75) is 6.42 Å². The standard InChI is InChI=1S/C18H23FN4O3/c1-23(2,3)11-9-20-12-15-16(24)21-18(26)22(17(15)25)10-8-13-4-6-14(19)7-5-13/h4-7,12,15H,8-11H2,1-3H3/p+1. The molecule has 1 heterocycles. The largest absolute Gasteiger partial charge is 0.330 e. The molecule has 1 aromatic carbocycles. The number of urea groups is 1. The van der Waals surface area contributed by atoms with E-state index in [0.29, 0.717) is 17.4 Å². The second-order valence-corrected chi connectivity index (χ2v) is 7.21. The van der Waals surface area contributed by atoms with Crippen molar-refractivity contribution in [3.05, 3.63) is 35.6 Å². The normalized spacial score (nSPS) is 18.5. The number of nitrogens with one attached hydrogen (secondary N) is 1. The molecule has 1 atom stereocenters. The average Bonchev–Trinajstić information content (AvgIpc) is 2.54. The van der Waals surface area contributed by atoms with Crippen LogP contribution in [0, 0.1) is 11.7 Å². The third-order valence-electron chi connectivity index (χ3n) is 3.98. The smallest absolute Gasteiger partial charge is 0.329 e. The van der Waals surface area contributed by atoms with Crippen LogP contribution in [0.2, 0.25) is 0 Å². The molecular formula is C18H24FN4O3+. The lowest BCUT2D eigenvalue weighted by atomic mass is 10.1. The van der Waals surface area contributed by atoms with Gasteiger partial charge in [-0.1, -0.05) is 12.1 Å². The van der Waals surface area contributed by atoms with E-state index in [1.807, 2.05) is 21.1 Å². The van der Waals surface area contributed by atoms with Gasteiger partial charge in [0.2, 0.25) is 11.8 Å². The first-order valence-electron chi connectivity index (χ1n) is 8.38. The van der Waals surface area contributed by atoms with Crippen molar-refractivity contribution in [1.82, 2.24) is 10.2 Å². The minimum Gasteiger partial charge on any atom is -0.329 e. The Hall–Kier alpha value is -2.61. The Morgan fingerprint density at radius 3 is 2.46 bits per heavy atom. The second-order valence-electron chi connectivity index (χ2n) is 7.21. The van der Waals surface area contributed by atoms with Crippen LogP contribution in [-0.4, -0.2) is 74.2 Å². The molecule has 4 amide bonds. The fraction of sp³-hybridized carbons (Fsp3) is 0.444. The molecule has 0 bridgehead atoms. The van der Waals surface area contributed by atoms with Crippen molar-refractivity contribution >= 4 is 24.1 Å². The van der Waals surface area contributed by atoms with Gasteiger partial charge in [0.1, 0.15) is 5.82 Å². The molecule has 2 rings (SSSR count). The van der Waals surface area contributed by atoms with Crippen LogP contribution in [0.25, 0.3) is 0 Å². The number of imide groups is 2. The summed E-state index contributed by atoms with van der Waals surface area (Å²) in [5.74, 6) is -2.70. The third-order valence-corrected chi connectivity index (χ3v) is 3.98. The van der Waals surface area contributed by atoms with Crippen LogP contribution in [0.15, 0.2) is 29.3 Å². The Bertz CT molecular complexity index is 710. The van der Waals surface area contributed by atoms with Crippen LogP contribution >= 0.6 is 0 Å². The molecular weight excluding hydrogens is 339 g/mol. The predicted molar refractivity (Wildman–Crippen MR) is 95.1 cm³/mol. The molecule has 0 radical (unpaired) electrons. The van der Waals surface area contributed by atoms with Gasteiger partial charge in [0.05, 0.1) is 34.2 Å². The van der Waals surface area contributed by atoms with Crippen molar-refractivity contribution in [2.24, 2.45) is 10.9 Å². The van der Waals surface area contributed by atoms with Gasteiger partial charge in [0.15, 0.2) is 5.92 Å². The minimum absolute atomic E-state index is 0.104. The van der Waals surface area contributed by atoms with E-state index in [4.69, 9.17) is 0 Å². The number of carbonyl (C=O) groups is 3. The summed E-state index contributed by atoms with van der Waals surface area (Å²) in [6, 6.07) is 5.09. The van der Waals surface area contributed by atoms with Crippen LogP contribution < -0.4 is 5.32 Å². The Balaban J connectivity index is 1.99. The Labute approximate surface area is 152 Å². The summed E-state index contributed by atoms with van der Waals surface area (Å²) in [6.45, 7) is 1.34. The minimum atomic E-state index is -1.10. The van der Waals surface area contributed by atoms with Gasteiger partial charge in [-0.15, -0.1) is 0 Å². The zero-order valence-corrected chi connectivity index (χ0v) is 15.2. The molecule has 140 valence electrons. The molecule has 1 aromatic rings. The fourth-order valence-corrected chi connectivity index (χ4v) is 2.40. The van der Waals surface area contributed by atoms with Gasteiger partial charge >= 0.3 is 6.03 Å². The van der Waals surface area contributed by atoms with Crippen LogP contribution in [0.3, 0.4) is 0 Å². The van der Waals surface area contributed by atoms with E-state index in [1.165, 1.54) is 18.3 Å². The maximum absolute atomic E-state index is 12.9. The number of barbiturate groups is 1. The Kier molecular flexibility index (Phi) is 6.20. The second kappa shape index (κ2) is 8.18. The highest BCUT2D eigenvalue weighted by Crippen LogP contribution is 2.11. The van der Waals surface area contributed by atoms with Crippen molar-refractivity contribution in [1.29, 1.82) is 0 Å². The zero-order valence-electron chi connectivity index (χ0n) is 15.2. The van der Waals surface area contributed by atoms with Crippen molar-refractivity contribution in [3.63, 3.8) is 0 Å². The summed E-state index contributed by atoms with van der Waals surface area (Å²) in [6.07, 6.45) is 1.68. The maximum Gasteiger partial charge on any atom is 0.330 e. The van der Waals surface area contributed by atoms with E-state index in [-0.39, 0.29) is 12.4 Å². The molecule has 1 aliphatic rings. The summed E-state index contributed by atoms with van der Waals surface area (Å²) in [7, 11) is 6.05. The number of quaternary nitrogens is 1. The summed E-state index contributed by atoms with van der Waals surface area (Å²) < 4.78 is 13.7. The zero-order chi connectivity index (χ0) is 19.3. The van der Waals surface area contributed by atoms with Gasteiger partial charge in [-0.25, -0.2) is 9.18 Å². The number of benzene rings is 1. The topological polar surface area (TPSA) is 78.8 Å². The lowest BCUT2D eigenvalue weighted by molar-refractivity contribution is -0.868. The number of likely N-dealkylation sites (N-methyl/N-ethyl adjacent to an activating group) is 1. The van der Waals surface area contributed by atoms with Crippen LogP contribution in [-0.2, 0) is 16.0 Å². The first-order valence-corrected chi connectivity index (χ1v) is 8.38. The summed E-state index contributed by atoms with van der Waals surface area (Å²) >= 11 is 0. The van der Waals surface area contributed by atoms with E-state index in [0.717, 1.165) is 17.0 Å². The Morgan fingerprint density at radius 1 is 1.19 bits per heavy atom. The van der Waals surface area contributed by atoms with Crippen molar-refractivity contribution in [2.75, 3.05) is 40.8 Å². The monoisotopic (exact) mass is 363 g/mol. The number of rotatable bonds is 7. The molecule has 1 saturated heterocycles. The van der Waals surface area contributed by atoms with E-state index in [9.17, 15) is 18.8 Å². The molecule has 1 N–H and O–H groups in total. The molecule has 0 aliphatic carbocycles. The van der Waals surface area contributed by atoms with Crippen LogP contribution in [0.4, 0.5) is 9.18 Å². The van der Waals surface area contributed by atoms with Gasteiger partial charge in [-0.3, -0.25) is 24.8 Å². The first-order chi connectivity index (χ1) is 12.2. The van der Waals surface area contributed by atoms with Crippen LogP contribution in [0.5, 0.6) is 0 Å². The predicted octanol–water partition coefficient (Wildman–Crippen LogP) is 0.840. The summed E-state index contributed by atoms with van der Waals surface area (Å²) in [5.41, 5.74) is 0.789. The van der Waals surface area contributed by atoms with Gasteiger partial charge in [-0.2, -0.15) is 0 Å². The first kappa shape index (κ1) is 19.7. The number of aliphatic imine (C=N–C) groups is 1. The summed E-state index contributed by atoms with van der Waals surface area (Å²) in [4.78, 5) is 41.6. The molecule has 8 heteroatoms. The number of amides is 4. The van der Waals surface area contributed by atoms with E-state index >= 15 is 0 Å². The van der Waals surface area contributed by atoms with Gasteiger partial charge in [0, 0.05) is 12.8 Å². The van der Waals surface area contributed by atoms with Crippen molar-refractivity contribution < 1.29 is 23.3 Å². The number of halogens is 1. The summed E-state index contributed by atoms with van der Waals surface area (Å²) in [5, 5.41) is 2.18. The van der Waals surface area contributed by atoms with Crippen molar-refractivity contribution in [3.8, 4) is 0 Å². The molecule has 7 nitrogen and oxygen atoms in total. The molecule has 1 fully saturated rings. The van der Waals surface area contributed by atoms with Gasteiger partial charge < -0.3 is 4.48 Å². The highest BCUT2D eigenvalue weighted by molar-refractivity contribution is 6.23. The molecule has 0 aromatic heterocycles. The SMILES string of the molecule is C[N+](C)(C)CCN=CC1C(=O)NC(=O)N(CCc2ccc(F)cc2)C1=O.